The van der Waals surface area contributed by atoms with Crippen molar-refractivity contribution in [2.24, 2.45) is 0 Å². The Morgan fingerprint density at radius 1 is 1.00 bits per heavy atom. The molecule has 0 aliphatic heterocycles. The maximum Gasteiger partial charge on any atom is 0.145 e. The molecule has 2 aromatic rings. The number of hydrogen-bond donors (Lipinski definition) is 0. The van der Waals surface area contributed by atoms with Crippen molar-refractivity contribution in [3.05, 3.63) is 64.4 Å². The number of rotatable bonds is 3. The largest absolute Gasteiger partial charge is 0.207 e. The van der Waals surface area contributed by atoms with Crippen LogP contribution in [0, 0.1) is 17.5 Å². The van der Waals surface area contributed by atoms with Crippen molar-refractivity contribution in [2.45, 2.75) is 10.6 Å². The lowest BCUT2D eigenvalue weighted by Crippen LogP contribution is -1.89. The van der Waals surface area contributed by atoms with E-state index in [1.165, 1.54) is 18.2 Å². The summed E-state index contributed by atoms with van der Waals surface area (Å²) < 4.78 is 39.5. The van der Waals surface area contributed by atoms with Gasteiger partial charge in [-0.3, -0.25) is 0 Å². The number of benzene rings is 2. The molecule has 0 atom stereocenters. The van der Waals surface area contributed by atoms with Crippen LogP contribution in [0.15, 0.2) is 41.3 Å². The molecule has 0 nitrogen and oxygen atoms in total. The van der Waals surface area contributed by atoms with Crippen molar-refractivity contribution in [3.8, 4) is 0 Å². The molecular formula is C13H8ClF3S. The van der Waals surface area contributed by atoms with Crippen molar-refractivity contribution in [1.82, 2.24) is 0 Å². The first kappa shape index (κ1) is 13.3. The second kappa shape index (κ2) is 5.67. The fourth-order valence-corrected chi connectivity index (χ4v) is 2.56. The molecule has 0 spiro atoms. The van der Waals surface area contributed by atoms with Crippen molar-refractivity contribution >= 4 is 23.4 Å². The zero-order valence-corrected chi connectivity index (χ0v) is 10.7. The smallest absolute Gasteiger partial charge is 0.145 e. The van der Waals surface area contributed by atoms with E-state index in [0.717, 1.165) is 17.8 Å². The molecule has 0 N–H and O–H groups in total. The second-order valence-corrected chi connectivity index (χ2v) is 5.06. The molecule has 0 saturated heterocycles. The molecule has 18 heavy (non-hydrogen) atoms. The molecule has 0 aliphatic rings. The molecule has 0 aromatic heterocycles. The lowest BCUT2D eigenvalue weighted by Gasteiger charge is -2.05. The highest BCUT2D eigenvalue weighted by Gasteiger charge is 2.07. The molecule has 0 radical (unpaired) electrons. The van der Waals surface area contributed by atoms with E-state index in [9.17, 15) is 13.2 Å². The molecule has 2 rings (SSSR count). The molecule has 0 saturated carbocycles. The minimum atomic E-state index is -0.649. The zero-order chi connectivity index (χ0) is 13.1. The van der Waals surface area contributed by atoms with E-state index in [4.69, 9.17) is 11.6 Å². The van der Waals surface area contributed by atoms with Gasteiger partial charge in [0.05, 0.1) is 5.02 Å². The van der Waals surface area contributed by atoms with Crippen molar-refractivity contribution in [2.75, 3.05) is 0 Å². The summed E-state index contributed by atoms with van der Waals surface area (Å²) in [6.45, 7) is 0. The fourth-order valence-electron chi connectivity index (χ4n) is 1.43. The molecule has 2 aromatic carbocycles. The Kier molecular flexibility index (Phi) is 4.19. The first-order valence-electron chi connectivity index (χ1n) is 5.08. The summed E-state index contributed by atoms with van der Waals surface area (Å²) in [5.41, 5.74) is 0.400. The number of hydrogen-bond acceptors (Lipinski definition) is 1. The number of thioether (sulfide) groups is 1. The Hall–Kier alpha value is -1.13. The van der Waals surface area contributed by atoms with E-state index in [-0.39, 0.29) is 10.8 Å². The lowest BCUT2D eigenvalue weighted by atomic mass is 10.2. The van der Waals surface area contributed by atoms with E-state index >= 15 is 0 Å². The Labute approximate surface area is 112 Å². The van der Waals surface area contributed by atoms with Crippen LogP contribution in [-0.4, -0.2) is 0 Å². The Balaban J connectivity index is 2.14. The second-order valence-electron chi connectivity index (χ2n) is 3.61. The highest BCUT2D eigenvalue weighted by Crippen LogP contribution is 2.27. The van der Waals surface area contributed by atoms with E-state index < -0.39 is 17.5 Å². The predicted molar refractivity (Wildman–Crippen MR) is 67.3 cm³/mol. The molecule has 0 heterocycles. The van der Waals surface area contributed by atoms with Crippen molar-refractivity contribution < 1.29 is 13.2 Å². The highest BCUT2D eigenvalue weighted by atomic mass is 35.5. The van der Waals surface area contributed by atoms with Crippen molar-refractivity contribution in [3.63, 3.8) is 0 Å². The van der Waals surface area contributed by atoms with Gasteiger partial charge in [-0.25, -0.2) is 13.2 Å². The van der Waals surface area contributed by atoms with Crippen LogP contribution in [-0.2, 0) is 5.75 Å². The average molecular weight is 289 g/mol. The summed E-state index contributed by atoms with van der Waals surface area (Å²) in [6, 6.07) is 7.88. The third-order valence-corrected chi connectivity index (χ3v) is 3.58. The molecule has 0 aliphatic carbocycles. The summed E-state index contributed by atoms with van der Waals surface area (Å²) in [5.74, 6) is -1.54. The molecule has 5 heteroatoms. The SMILES string of the molecule is Fc1cc(F)cc(SCc2cccc(Cl)c2F)c1. The van der Waals surface area contributed by atoms with Crippen LogP contribution >= 0.6 is 23.4 Å². The van der Waals surface area contributed by atoms with Gasteiger partial charge in [0.1, 0.15) is 17.5 Å². The average Bonchev–Trinajstić information content (AvgIpc) is 2.30. The summed E-state index contributed by atoms with van der Waals surface area (Å²) in [5, 5.41) is 0.0403. The van der Waals surface area contributed by atoms with Gasteiger partial charge in [-0.2, -0.15) is 0 Å². The van der Waals surface area contributed by atoms with Gasteiger partial charge in [-0.05, 0) is 23.8 Å². The standard InChI is InChI=1S/C13H8ClF3S/c14-12-3-1-2-8(13(12)17)7-18-11-5-9(15)4-10(16)6-11/h1-6H,7H2. The maximum absolute atomic E-state index is 13.6. The molecule has 0 amide bonds. The zero-order valence-electron chi connectivity index (χ0n) is 9.09. The molecule has 0 unspecified atom stereocenters. The van der Waals surface area contributed by atoms with Crippen LogP contribution < -0.4 is 0 Å². The predicted octanol–water partition coefficient (Wildman–Crippen LogP) is 5.05. The van der Waals surface area contributed by atoms with Gasteiger partial charge in [0.15, 0.2) is 0 Å². The lowest BCUT2D eigenvalue weighted by molar-refractivity contribution is 0.577. The summed E-state index contributed by atoms with van der Waals surface area (Å²) in [7, 11) is 0. The first-order valence-corrected chi connectivity index (χ1v) is 6.44. The van der Waals surface area contributed by atoms with Crippen LogP contribution in [0.4, 0.5) is 13.2 Å². The Morgan fingerprint density at radius 3 is 2.33 bits per heavy atom. The first-order chi connectivity index (χ1) is 8.56. The van der Waals surface area contributed by atoms with Crippen LogP contribution in [0.2, 0.25) is 5.02 Å². The van der Waals surface area contributed by atoms with Crippen molar-refractivity contribution in [1.29, 1.82) is 0 Å². The van der Waals surface area contributed by atoms with Gasteiger partial charge in [-0.1, -0.05) is 23.7 Å². The van der Waals surface area contributed by atoms with Gasteiger partial charge < -0.3 is 0 Å². The van der Waals surface area contributed by atoms with Gasteiger partial charge in [-0.15, -0.1) is 11.8 Å². The summed E-state index contributed by atoms with van der Waals surface area (Å²) in [6.07, 6.45) is 0. The van der Waals surface area contributed by atoms with Crippen LogP contribution in [0.5, 0.6) is 0 Å². The van der Waals surface area contributed by atoms with E-state index in [1.807, 2.05) is 0 Å². The Morgan fingerprint density at radius 2 is 1.67 bits per heavy atom. The quantitative estimate of drug-likeness (QED) is 0.712. The third-order valence-electron chi connectivity index (χ3n) is 2.26. The van der Waals surface area contributed by atoms with E-state index in [1.54, 1.807) is 12.1 Å². The highest BCUT2D eigenvalue weighted by molar-refractivity contribution is 7.98. The van der Waals surface area contributed by atoms with Crippen LogP contribution in [0.3, 0.4) is 0 Å². The maximum atomic E-state index is 13.6. The van der Waals surface area contributed by atoms with Gasteiger partial charge >= 0.3 is 0 Å². The minimum Gasteiger partial charge on any atom is -0.207 e. The van der Waals surface area contributed by atoms with Crippen LogP contribution in [0.1, 0.15) is 5.56 Å². The molecule has 0 bridgehead atoms. The fraction of sp³-hybridized carbons (Fsp3) is 0.0769. The van der Waals surface area contributed by atoms with Gasteiger partial charge in [0.25, 0.3) is 0 Å². The molecule has 0 fully saturated rings. The number of halogens is 4. The molecular weight excluding hydrogens is 281 g/mol. The Bertz CT molecular complexity index is 552. The third kappa shape index (κ3) is 3.21. The van der Waals surface area contributed by atoms with Gasteiger partial charge in [0, 0.05) is 16.7 Å². The topological polar surface area (TPSA) is 0 Å². The molecule has 94 valence electrons. The summed E-state index contributed by atoms with van der Waals surface area (Å²) in [4.78, 5) is 0.409. The normalized spacial score (nSPS) is 10.7. The van der Waals surface area contributed by atoms with E-state index in [0.29, 0.717) is 10.5 Å². The summed E-state index contributed by atoms with van der Waals surface area (Å²) >= 11 is 6.79. The van der Waals surface area contributed by atoms with Gasteiger partial charge in [0.2, 0.25) is 0 Å². The monoisotopic (exact) mass is 288 g/mol. The van der Waals surface area contributed by atoms with Crippen LogP contribution in [0.25, 0.3) is 0 Å². The minimum absolute atomic E-state index is 0.0403. The van der Waals surface area contributed by atoms with E-state index in [2.05, 4.69) is 0 Å².